The van der Waals surface area contributed by atoms with Crippen molar-refractivity contribution < 1.29 is 4.74 Å². The lowest BCUT2D eigenvalue weighted by atomic mass is 10.0. The van der Waals surface area contributed by atoms with Gasteiger partial charge < -0.3 is 4.74 Å². The van der Waals surface area contributed by atoms with Crippen LogP contribution in [0, 0.1) is 0 Å². The predicted molar refractivity (Wildman–Crippen MR) is 92.1 cm³/mol. The van der Waals surface area contributed by atoms with Crippen molar-refractivity contribution in [2.45, 2.75) is 0 Å². The molecule has 3 aromatic carbocycles. The number of aliphatic imine (C=N–C) groups is 1. The van der Waals surface area contributed by atoms with Gasteiger partial charge in [-0.15, -0.1) is 0 Å². The normalized spacial score (nSPS) is 10.8. The fourth-order valence-corrected chi connectivity index (χ4v) is 2.21. The lowest BCUT2D eigenvalue weighted by molar-refractivity contribution is 0.415. The van der Waals surface area contributed by atoms with Crippen molar-refractivity contribution in [1.29, 1.82) is 0 Å². The summed E-state index contributed by atoms with van der Waals surface area (Å²) in [6, 6.07) is 26.4. The summed E-state index contributed by atoms with van der Waals surface area (Å²) < 4.78 is 5.14. The van der Waals surface area contributed by atoms with Crippen LogP contribution in [0.1, 0.15) is 5.56 Å². The van der Waals surface area contributed by atoms with Crippen molar-refractivity contribution in [2.75, 3.05) is 7.11 Å². The van der Waals surface area contributed by atoms with E-state index in [0.717, 1.165) is 17.0 Å². The SMILES string of the molecule is COc1ccc(/N=C\c2ccc(-c3ccccc3)cc2)cc1. The molecule has 2 nitrogen and oxygen atoms in total. The van der Waals surface area contributed by atoms with E-state index in [1.54, 1.807) is 7.11 Å². The minimum Gasteiger partial charge on any atom is -0.497 e. The molecule has 0 aliphatic heterocycles. The summed E-state index contributed by atoms with van der Waals surface area (Å²) in [5, 5.41) is 0. The predicted octanol–water partition coefficient (Wildman–Crippen LogP) is 5.11. The third kappa shape index (κ3) is 3.41. The van der Waals surface area contributed by atoms with Gasteiger partial charge in [0, 0.05) is 6.21 Å². The molecule has 0 saturated heterocycles. The van der Waals surface area contributed by atoms with Gasteiger partial charge in [0.1, 0.15) is 5.75 Å². The Labute approximate surface area is 130 Å². The fourth-order valence-electron chi connectivity index (χ4n) is 2.21. The van der Waals surface area contributed by atoms with Crippen molar-refractivity contribution in [3.05, 3.63) is 84.4 Å². The third-order valence-corrected chi connectivity index (χ3v) is 3.45. The van der Waals surface area contributed by atoms with Crippen LogP contribution in [0.5, 0.6) is 5.75 Å². The zero-order valence-corrected chi connectivity index (χ0v) is 12.4. The smallest absolute Gasteiger partial charge is 0.119 e. The Kier molecular flexibility index (Phi) is 4.30. The Hall–Kier alpha value is -2.87. The number of hydrogen-bond donors (Lipinski definition) is 0. The van der Waals surface area contributed by atoms with Crippen LogP contribution in [-0.2, 0) is 0 Å². The van der Waals surface area contributed by atoms with Crippen LogP contribution < -0.4 is 4.74 Å². The van der Waals surface area contributed by atoms with Crippen LogP contribution in [0.4, 0.5) is 5.69 Å². The van der Waals surface area contributed by atoms with Crippen molar-refractivity contribution in [1.82, 2.24) is 0 Å². The summed E-state index contributed by atoms with van der Waals surface area (Å²) in [5.41, 5.74) is 4.42. The summed E-state index contributed by atoms with van der Waals surface area (Å²) in [7, 11) is 1.66. The molecule has 0 unspecified atom stereocenters. The molecule has 3 rings (SSSR count). The number of hydrogen-bond acceptors (Lipinski definition) is 2. The number of methoxy groups -OCH3 is 1. The number of nitrogens with zero attached hydrogens (tertiary/aromatic N) is 1. The molecule has 0 heterocycles. The molecule has 0 bridgehead atoms. The van der Waals surface area contributed by atoms with E-state index >= 15 is 0 Å². The van der Waals surface area contributed by atoms with Gasteiger partial charge in [-0.05, 0) is 41.0 Å². The first kappa shape index (κ1) is 14.1. The van der Waals surface area contributed by atoms with E-state index in [9.17, 15) is 0 Å². The molecule has 0 aliphatic rings. The Morgan fingerprint density at radius 1 is 0.727 bits per heavy atom. The first-order valence-corrected chi connectivity index (χ1v) is 7.19. The summed E-state index contributed by atoms with van der Waals surface area (Å²) in [6.45, 7) is 0. The van der Waals surface area contributed by atoms with E-state index in [1.807, 2.05) is 48.7 Å². The van der Waals surface area contributed by atoms with E-state index in [0.29, 0.717) is 0 Å². The molecule has 0 atom stereocenters. The second-order valence-electron chi connectivity index (χ2n) is 4.94. The largest absolute Gasteiger partial charge is 0.497 e. The van der Waals surface area contributed by atoms with E-state index in [1.165, 1.54) is 11.1 Å². The van der Waals surface area contributed by atoms with Crippen LogP contribution in [0.3, 0.4) is 0 Å². The second kappa shape index (κ2) is 6.72. The highest BCUT2D eigenvalue weighted by Crippen LogP contribution is 2.20. The topological polar surface area (TPSA) is 21.6 Å². The van der Waals surface area contributed by atoms with E-state index < -0.39 is 0 Å². The van der Waals surface area contributed by atoms with Gasteiger partial charge in [-0.2, -0.15) is 0 Å². The van der Waals surface area contributed by atoms with Crippen LogP contribution >= 0.6 is 0 Å². The molecular weight excluding hydrogens is 270 g/mol. The van der Waals surface area contributed by atoms with Crippen molar-refractivity contribution >= 4 is 11.9 Å². The summed E-state index contributed by atoms with van der Waals surface area (Å²) in [4.78, 5) is 4.47. The van der Waals surface area contributed by atoms with E-state index in [2.05, 4.69) is 41.4 Å². The van der Waals surface area contributed by atoms with Gasteiger partial charge >= 0.3 is 0 Å². The molecule has 0 aliphatic carbocycles. The quantitative estimate of drug-likeness (QED) is 0.611. The summed E-state index contributed by atoms with van der Waals surface area (Å²) >= 11 is 0. The molecule has 108 valence electrons. The molecule has 0 amide bonds. The highest BCUT2D eigenvalue weighted by molar-refractivity contribution is 5.83. The molecule has 0 spiro atoms. The van der Waals surface area contributed by atoms with Crippen molar-refractivity contribution in [3.63, 3.8) is 0 Å². The molecule has 22 heavy (non-hydrogen) atoms. The lowest BCUT2D eigenvalue weighted by Gasteiger charge is -2.02. The minimum absolute atomic E-state index is 0.839. The third-order valence-electron chi connectivity index (χ3n) is 3.45. The second-order valence-corrected chi connectivity index (χ2v) is 4.94. The van der Waals surface area contributed by atoms with Crippen LogP contribution in [-0.4, -0.2) is 13.3 Å². The van der Waals surface area contributed by atoms with Crippen LogP contribution in [0.2, 0.25) is 0 Å². The summed E-state index contributed by atoms with van der Waals surface area (Å²) in [5.74, 6) is 0.839. The number of benzene rings is 3. The van der Waals surface area contributed by atoms with E-state index in [-0.39, 0.29) is 0 Å². The Balaban J connectivity index is 1.74. The van der Waals surface area contributed by atoms with Crippen molar-refractivity contribution in [2.24, 2.45) is 4.99 Å². The zero-order chi connectivity index (χ0) is 15.2. The summed E-state index contributed by atoms with van der Waals surface area (Å²) in [6.07, 6.45) is 1.87. The van der Waals surface area contributed by atoms with Crippen LogP contribution in [0.15, 0.2) is 83.9 Å². The maximum Gasteiger partial charge on any atom is 0.119 e. The average molecular weight is 287 g/mol. The zero-order valence-electron chi connectivity index (χ0n) is 12.4. The molecule has 0 saturated carbocycles. The molecule has 0 fully saturated rings. The number of rotatable bonds is 4. The van der Waals surface area contributed by atoms with Gasteiger partial charge in [0.15, 0.2) is 0 Å². The minimum atomic E-state index is 0.839. The molecule has 0 N–H and O–H groups in total. The van der Waals surface area contributed by atoms with Crippen molar-refractivity contribution in [3.8, 4) is 16.9 Å². The maximum absolute atomic E-state index is 5.14. The van der Waals surface area contributed by atoms with Gasteiger partial charge in [0.2, 0.25) is 0 Å². The Morgan fingerprint density at radius 3 is 2.00 bits per heavy atom. The standard InChI is InChI=1S/C20H17NO/c1-22-20-13-11-19(12-14-20)21-15-16-7-9-18(10-8-16)17-5-3-2-4-6-17/h2-15H,1H3/b21-15-. The van der Waals surface area contributed by atoms with Gasteiger partial charge in [0.25, 0.3) is 0 Å². The number of ether oxygens (including phenoxy) is 1. The first-order valence-electron chi connectivity index (χ1n) is 7.19. The highest BCUT2D eigenvalue weighted by Gasteiger charge is 1.96. The van der Waals surface area contributed by atoms with Gasteiger partial charge in [-0.1, -0.05) is 54.6 Å². The molecular formula is C20H17NO. The molecule has 2 heteroatoms. The fraction of sp³-hybridized carbons (Fsp3) is 0.0500. The average Bonchev–Trinajstić information content (AvgIpc) is 2.61. The lowest BCUT2D eigenvalue weighted by Crippen LogP contribution is -1.83. The van der Waals surface area contributed by atoms with Gasteiger partial charge in [0.05, 0.1) is 12.8 Å². The van der Waals surface area contributed by atoms with Crippen LogP contribution in [0.25, 0.3) is 11.1 Å². The Bertz CT molecular complexity index is 744. The molecule has 0 radical (unpaired) electrons. The monoisotopic (exact) mass is 287 g/mol. The van der Waals surface area contributed by atoms with Gasteiger partial charge in [-0.3, -0.25) is 4.99 Å². The highest BCUT2D eigenvalue weighted by atomic mass is 16.5. The molecule has 3 aromatic rings. The van der Waals surface area contributed by atoms with E-state index in [4.69, 9.17) is 4.74 Å². The van der Waals surface area contributed by atoms with Gasteiger partial charge in [-0.25, -0.2) is 0 Å². The first-order chi connectivity index (χ1) is 10.8. The maximum atomic E-state index is 5.14. The molecule has 0 aromatic heterocycles. The Morgan fingerprint density at radius 2 is 1.36 bits per heavy atom.